The Bertz CT molecular complexity index is 791. The lowest BCUT2D eigenvalue weighted by Gasteiger charge is -2.13. The second kappa shape index (κ2) is 4.72. The van der Waals surface area contributed by atoms with Crippen molar-refractivity contribution >= 4 is 27.8 Å². The predicted octanol–water partition coefficient (Wildman–Crippen LogP) is 1.33. The quantitative estimate of drug-likeness (QED) is 0.845. The van der Waals surface area contributed by atoms with Gasteiger partial charge in [-0.25, -0.2) is 14.2 Å². The normalized spacial score (nSPS) is 18.8. The fraction of sp³-hybridized carbons (Fsp3) is 0.250. The second-order valence-corrected chi connectivity index (χ2v) is 6.43. The van der Waals surface area contributed by atoms with Gasteiger partial charge in [0.25, 0.3) is 5.56 Å². The van der Waals surface area contributed by atoms with Crippen molar-refractivity contribution in [2.24, 2.45) is 5.73 Å². The third kappa shape index (κ3) is 1.88. The van der Waals surface area contributed by atoms with Gasteiger partial charge in [0.2, 0.25) is 5.16 Å². The molecule has 0 saturated carbocycles. The second-order valence-electron chi connectivity index (χ2n) is 4.51. The lowest BCUT2D eigenvalue weighted by Crippen LogP contribution is -2.27. The first-order valence-corrected chi connectivity index (χ1v) is 8.06. The molecule has 0 radical (unpaired) electrons. The van der Waals surface area contributed by atoms with Gasteiger partial charge >= 0.3 is 0 Å². The standard InChI is InChI=1S/C12H12N4O2S2/c1-6-4-20(18)12-15-10(7(2)13)9(11(17)16(6)12)8-3-19-5-14-8/h3-5,7H,13H2,1-2H3. The van der Waals surface area contributed by atoms with Gasteiger partial charge < -0.3 is 5.73 Å². The number of allylic oxidation sites excluding steroid dienone is 1. The minimum absolute atomic E-state index is 0.235. The van der Waals surface area contributed by atoms with E-state index in [0.29, 0.717) is 22.6 Å². The van der Waals surface area contributed by atoms with Crippen molar-refractivity contribution in [2.75, 3.05) is 0 Å². The van der Waals surface area contributed by atoms with E-state index in [1.54, 1.807) is 24.7 Å². The molecule has 2 aromatic rings. The number of thiazole rings is 1. The molecule has 0 spiro atoms. The summed E-state index contributed by atoms with van der Waals surface area (Å²) in [6.07, 6.45) is 0. The van der Waals surface area contributed by atoms with Crippen LogP contribution in [0.3, 0.4) is 0 Å². The van der Waals surface area contributed by atoms with Crippen LogP contribution in [0.4, 0.5) is 0 Å². The van der Waals surface area contributed by atoms with Crippen LogP contribution in [-0.4, -0.2) is 18.7 Å². The summed E-state index contributed by atoms with van der Waals surface area (Å²) in [6.45, 7) is 3.47. The predicted molar refractivity (Wildman–Crippen MR) is 78.6 cm³/mol. The van der Waals surface area contributed by atoms with Crippen molar-refractivity contribution in [3.8, 4) is 11.3 Å². The fourth-order valence-corrected chi connectivity index (χ4v) is 3.79. The molecular weight excluding hydrogens is 296 g/mol. The molecule has 6 nitrogen and oxygen atoms in total. The smallest absolute Gasteiger partial charge is 0.268 e. The topological polar surface area (TPSA) is 90.9 Å². The Kier molecular flexibility index (Phi) is 3.15. The highest BCUT2D eigenvalue weighted by atomic mass is 32.2. The van der Waals surface area contributed by atoms with Gasteiger partial charge in [-0.15, -0.1) is 11.3 Å². The van der Waals surface area contributed by atoms with Crippen LogP contribution < -0.4 is 11.3 Å². The molecule has 3 heterocycles. The molecule has 0 amide bonds. The lowest BCUT2D eigenvalue weighted by molar-refractivity contribution is 0.667. The number of hydrogen-bond acceptors (Lipinski definition) is 6. The first-order chi connectivity index (χ1) is 9.50. The summed E-state index contributed by atoms with van der Waals surface area (Å²) in [4.78, 5) is 21.2. The third-order valence-electron chi connectivity index (χ3n) is 3.01. The first kappa shape index (κ1) is 13.3. The van der Waals surface area contributed by atoms with E-state index in [0.717, 1.165) is 0 Å². The molecule has 8 heteroatoms. The van der Waals surface area contributed by atoms with Gasteiger partial charge in [-0.05, 0) is 13.8 Å². The van der Waals surface area contributed by atoms with Gasteiger partial charge in [-0.2, -0.15) is 0 Å². The zero-order chi connectivity index (χ0) is 14.4. The number of aromatic nitrogens is 3. The van der Waals surface area contributed by atoms with Crippen LogP contribution in [0.15, 0.2) is 26.2 Å². The first-order valence-electron chi connectivity index (χ1n) is 5.91. The summed E-state index contributed by atoms with van der Waals surface area (Å²) in [7, 11) is -1.40. The van der Waals surface area contributed by atoms with E-state index < -0.39 is 16.8 Å². The molecule has 0 fully saturated rings. The highest BCUT2D eigenvalue weighted by Gasteiger charge is 2.27. The third-order valence-corrected chi connectivity index (χ3v) is 4.79. The molecule has 20 heavy (non-hydrogen) atoms. The molecule has 2 atom stereocenters. The van der Waals surface area contributed by atoms with Gasteiger partial charge in [0.15, 0.2) is 0 Å². The largest absolute Gasteiger partial charge is 0.323 e. The van der Waals surface area contributed by atoms with E-state index in [9.17, 15) is 9.00 Å². The summed E-state index contributed by atoms with van der Waals surface area (Å²) in [6, 6.07) is -0.441. The molecule has 1 aliphatic rings. The zero-order valence-electron chi connectivity index (χ0n) is 10.9. The lowest BCUT2D eigenvalue weighted by atomic mass is 10.1. The van der Waals surface area contributed by atoms with E-state index in [4.69, 9.17) is 5.73 Å². The summed E-state index contributed by atoms with van der Waals surface area (Å²) >= 11 is 1.40. The maximum atomic E-state index is 12.7. The van der Waals surface area contributed by atoms with Crippen LogP contribution in [0.25, 0.3) is 17.0 Å². The van der Waals surface area contributed by atoms with E-state index in [-0.39, 0.29) is 10.7 Å². The molecule has 0 aromatic carbocycles. The number of nitrogens with zero attached hydrogens (tertiary/aromatic N) is 3. The maximum absolute atomic E-state index is 12.7. The van der Waals surface area contributed by atoms with E-state index in [1.807, 2.05) is 0 Å². The Balaban J connectivity index is 2.40. The highest BCUT2D eigenvalue weighted by Crippen LogP contribution is 2.27. The minimum Gasteiger partial charge on any atom is -0.323 e. The van der Waals surface area contributed by atoms with Crippen LogP contribution >= 0.6 is 11.3 Å². The molecule has 0 bridgehead atoms. The Hall–Kier alpha value is -1.64. The van der Waals surface area contributed by atoms with Gasteiger partial charge in [0, 0.05) is 22.5 Å². The van der Waals surface area contributed by atoms with Crippen molar-refractivity contribution in [1.29, 1.82) is 0 Å². The highest BCUT2D eigenvalue weighted by molar-refractivity contribution is 7.88. The van der Waals surface area contributed by atoms with Crippen molar-refractivity contribution in [1.82, 2.24) is 14.5 Å². The molecule has 0 aliphatic carbocycles. The van der Waals surface area contributed by atoms with Gasteiger partial charge in [-0.1, -0.05) is 0 Å². The summed E-state index contributed by atoms with van der Waals surface area (Å²) < 4.78 is 13.3. The summed E-state index contributed by atoms with van der Waals surface area (Å²) in [5.74, 6) is 0. The molecule has 104 valence electrons. The van der Waals surface area contributed by atoms with Crippen LogP contribution in [0, 0.1) is 0 Å². The van der Waals surface area contributed by atoms with Crippen LogP contribution in [0.2, 0.25) is 0 Å². The van der Waals surface area contributed by atoms with Crippen molar-refractivity contribution in [3.63, 3.8) is 0 Å². The fourth-order valence-electron chi connectivity index (χ4n) is 2.13. The molecule has 2 N–H and O–H groups in total. The molecule has 3 rings (SSSR count). The van der Waals surface area contributed by atoms with Crippen molar-refractivity contribution in [3.05, 3.63) is 32.3 Å². The summed E-state index contributed by atoms with van der Waals surface area (Å²) in [5, 5.41) is 3.53. The molecule has 0 saturated heterocycles. The Morgan fingerprint density at radius 3 is 2.85 bits per heavy atom. The number of fused-ring (bicyclic) bond motifs is 1. The maximum Gasteiger partial charge on any atom is 0.268 e. The molecule has 2 aromatic heterocycles. The van der Waals surface area contributed by atoms with Crippen LogP contribution in [0.1, 0.15) is 25.6 Å². The number of rotatable bonds is 2. The molecule has 2 unspecified atom stereocenters. The van der Waals surface area contributed by atoms with Gasteiger partial charge in [-0.3, -0.25) is 9.36 Å². The van der Waals surface area contributed by atoms with E-state index >= 15 is 0 Å². The number of nitrogens with two attached hydrogens (primary N) is 1. The number of hydrogen-bond donors (Lipinski definition) is 1. The van der Waals surface area contributed by atoms with Crippen LogP contribution in [-0.2, 0) is 10.8 Å². The van der Waals surface area contributed by atoms with Gasteiger partial charge in [0.05, 0.1) is 22.5 Å². The van der Waals surface area contributed by atoms with E-state index in [1.165, 1.54) is 21.3 Å². The van der Waals surface area contributed by atoms with E-state index in [2.05, 4.69) is 9.97 Å². The zero-order valence-corrected chi connectivity index (χ0v) is 12.5. The van der Waals surface area contributed by atoms with Crippen molar-refractivity contribution < 1.29 is 4.21 Å². The summed E-state index contributed by atoms with van der Waals surface area (Å²) in [5.41, 5.74) is 9.28. The Morgan fingerprint density at radius 2 is 2.25 bits per heavy atom. The Morgan fingerprint density at radius 1 is 1.50 bits per heavy atom. The average Bonchev–Trinajstić information content (AvgIpc) is 2.98. The SMILES string of the molecule is CC1=CS(=O)c2nc(C(C)N)c(-c3cscn3)c(=O)n21. The average molecular weight is 308 g/mol. The minimum atomic E-state index is -1.40. The van der Waals surface area contributed by atoms with Crippen molar-refractivity contribution in [2.45, 2.75) is 25.0 Å². The molecular formula is C12H12N4O2S2. The van der Waals surface area contributed by atoms with Gasteiger partial charge in [0.1, 0.15) is 10.8 Å². The Labute approximate surface area is 121 Å². The van der Waals surface area contributed by atoms with Crippen LogP contribution in [0.5, 0.6) is 0 Å². The monoisotopic (exact) mass is 308 g/mol. The molecule has 1 aliphatic heterocycles.